The molecule has 0 radical (unpaired) electrons. The van der Waals surface area contributed by atoms with E-state index < -0.39 is 5.97 Å². The number of nitrogens with zero attached hydrogens (tertiary/aromatic N) is 1. The molecule has 1 aromatic carbocycles. The first-order valence-corrected chi connectivity index (χ1v) is 8.57. The van der Waals surface area contributed by atoms with Gasteiger partial charge in [0.15, 0.2) is 0 Å². The van der Waals surface area contributed by atoms with E-state index in [2.05, 4.69) is 4.90 Å². The van der Waals surface area contributed by atoms with Crippen LogP contribution in [0.2, 0.25) is 0 Å². The summed E-state index contributed by atoms with van der Waals surface area (Å²) in [6, 6.07) is 5.85. The van der Waals surface area contributed by atoms with Gasteiger partial charge < -0.3 is 14.6 Å². The first-order chi connectivity index (χ1) is 11.2. The summed E-state index contributed by atoms with van der Waals surface area (Å²) in [6.45, 7) is 4.06. The van der Waals surface area contributed by atoms with Crippen molar-refractivity contribution in [3.63, 3.8) is 0 Å². The van der Waals surface area contributed by atoms with Gasteiger partial charge in [-0.25, -0.2) is 0 Å². The number of likely N-dealkylation sites (tertiary alicyclic amines) is 1. The van der Waals surface area contributed by atoms with Gasteiger partial charge in [0.05, 0.1) is 6.42 Å². The number of rotatable bonds is 6. The molecule has 0 bridgehead atoms. The number of carbonyl (C=O) groups is 1. The first-order valence-electron chi connectivity index (χ1n) is 8.57. The molecule has 2 heterocycles. The fraction of sp³-hybridized carbons (Fsp3) is 0.611. The van der Waals surface area contributed by atoms with Crippen LogP contribution in [0.15, 0.2) is 18.2 Å². The van der Waals surface area contributed by atoms with Gasteiger partial charge in [0.2, 0.25) is 0 Å². The fourth-order valence-electron chi connectivity index (χ4n) is 3.33. The highest BCUT2D eigenvalue weighted by molar-refractivity contribution is 5.67. The van der Waals surface area contributed by atoms with E-state index in [1.165, 1.54) is 32.4 Å². The Kier molecular flexibility index (Phi) is 5.39. The molecule has 0 aliphatic carbocycles. The zero-order valence-corrected chi connectivity index (χ0v) is 13.5. The summed E-state index contributed by atoms with van der Waals surface area (Å²) in [5, 5.41) is 8.86. The van der Waals surface area contributed by atoms with Crippen molar-refractivity contribution in [1.29, 1.82) is 0 Å². The van der Waals surface area contributed by atoms with Crippen molar-refractivity contribution in [2.45, 2.75) is 44.6 Å². The molecule has 1 saturated heterocycles. The Morgan fingerprint density at radius 2 is 2.13 bits per heavy atom. The van der Waals surface area contributed by atoms with E-state index in [-0.39, 0.29) is 12.5 Å². The van der Waals surface area contributed by atoms with Crippen LogP contribution in [0, 0.1) is 0 Å². The second kappa shape index (κ2) is 7.68. The predicted molar refractivity (Wildman–Crippen MR) is 87.2 cm³/mol. The molecule has 1 atom stereocenters. The van der Waals surface area contributed by atoms with E-state index in [0.717, 1.165) is 36.4 Å². The summed E-state index contributed by atoms with van der Waals surface area (Å²) in [4.78, 5) is 13.2. The minimum atomic E-state index is -0.809. The second-order valence-electron chi connectivity index (χ2n) is 6.40. The molecule has 126 valence electrons. The van der Waals surface area contributed by atoms with Crippen LogP contribution in [0.4, 0.5) is 0 Å². The Labute approximate surface area is 137 Å². The number of hydrogen-bond donors (Lipinski definition) is 1. The van der Waals surface area contributed by atoms with Crippen LogP contribution in [0.5, 0.6) is 11.5 Å². The molecule has 5 heteroatoms. The highest BCUT2D eigenvalue weighted by atomic mass is 16.5. The van der Waals surface area contributed by atoms with Crippen LogP contribution in [-0.2, 0) is 11.2 Å². The molecule has 1 unspecified atom stereocenters. The average molecular weight is 319 g/mol. The van der Waals surface area contributed by atoms with Crippen molar-refractivity contribution in [1.82, 2.24) is 4.90 Å². The van der Waals surface area contributed by atoms with Crippen molar-refractivity contribution in [3.8, 4) is 11.5 Å². The van der Waals surface area contributed by atoms with Crippen LogP contribution in [0.25, 0.3) is 0 Å². The Balaban J connectivity index is 1.49. The Hall–Kier alpha value is -1.75. The summed E-state index contributed by atoms with van der Waals surface area (Å²) in [7, 11) is 0. The third-order valence-electron chi connectivity index (χ3n) is 4.59. The Bertz CT molecular complexity index is 540. The number of ether oxygens (including phenoxy) is 2. The summed E-state index contributed by atoms with van der Waals surface area (Å²) in [6.07, 6.45) is 5.39. The summed E-state index contributed by atoms with van der Waals surface area (Å²) < 4.78 is 11.6. The molecular formula is C18H25NO4. The third-order valence-corrected chi connectivity index (χ3v) is 4.59. The van der Waals surface area contributed by atoms with Crippen molar-refractivity contribution >= 4 is 5.97 Å². The molecular weight excluding hydrogens is 294 g/mol. The number of benzene rings is 1. The lowest BCUT2D eigenvalue weighted by molar-refractivity contribution is -0.139. The lowest BCUT2D eigenvalue weighted by atomic mass is 10.0. The molecule has 0 amide bonds. The van der Waals surface area contributed by atoms with Crippen LogP contribution in [0.1, 0.15) is 37.7 Å². The Morgan fingerprint density at radius 3 is 2.91 bits per heavy atom. The topological polar surface area (TPSA) is 59.0 Å². The monoisotopic (exact) mass is 319 g/mol. The average Bonchev–Trinajstić information content (AvgIpc) is 2.55. The van der Waals surface area contributed by atoms with Gasteiger partial charge in [-0.2, -0.15) is 0 Å². The van der Waals surface area contributed by atoms with Gasteiger partial charge >= 0.3 is 5.97 Å². The number of carboxylic acids is 1. The summed E-state index contributed by atoms with van der Waals surface area (Å²) in [5.41, 5.74) is 1.11. The van der Waals surface area contributed by atoms with E-state index in [9.17, 15) is 4.79 Å². The minimum absolute atomic E-state index is 0.0630. The molecule has 0 spiro atoms. The number of aliphatic carboxylic acids is 1. The van der Waals surface area contributed by atoms with E-state index >= 15 is 0 Å². The first kappa shape index (κ1) is 16.1. The highest BCUT2D eigenvalue weighted by Gasteiger charge is 2.22. The molecule has 23 heavy (non-hydrogen) atoms. The van der Waals surface area contributed by atoms with E-state index in [1.54, 1.807) is 0 Å². The number of carboxylic acid groups (broad SMARTS) is 1. The van der Waals surface area contributed by atoms with E-state index in [0.29, 0.717) is 6.61 Å². The van der Waals surface area contributed by atoms with Crippen molar-refractivity contribution in [3.05, 3.63) is 23.8 Å². The number of aryl methyl sites for hydroxylation is 1. The standard InChI is InChI=1S/C18H25NO4/c20-18(21)13-16-5-4-14-12-15(6-7-17(14)23-16)22-11-10-19-8-2-1-3-9-19/h6-7,12,16H,1-5,8-11,13H2,(H,20,21). The van der Waals surface area contributed by atoms with Gasteiger partial charge in [0, 0.05) is 6.54 Å². The second-order valence-corrected chi connectivity index (χ2v) is 6.40. The van der Waals surface area contributed by atoms with Gasteiger partial charge in [-0.05, 0) is 62.5 Å². The zero-order chi connectivity index (χ0) is 16.1. The van der Waals surface area contributed by atoms with Crippen molar-refractivity contribution in [2.24, 2.45) is 0 Å². The van der Waals surface area contributed by atoms with Crippen LogP contribution < -0.4 is 9.47 Å². The third kappa shape index (κ3) is 4.61. The van der Waals surface area contributed by atoms with Crippen LogP contribution in [0.3, 0.4) is 0 Å². The molecule has 2 aliphatic rings. The predicted octanol–water partition coefficient (Wildman–Crippen LogP) is 2.72. The zero-order valence-electron chi connectivity index (χ0n) is 13.5. The van der Waals surface area contributed by atoms with Gasteiger partial charge in [-0.15, -0.1) is 0 Å². The molecule has 1 N–H and O–H groups in total. The van der Waals surface area contributed by atoms with E-state index in [1.807, 2.05) is 18.2 Å². The molecule has 5 nitrogen and oxygen atoms in total. The fourth-order valence-corrected chi connectivity index (χ4v) is 3.33. The molecule has 0 saturated carbocycles. The molecule has 1 aromatic rings. The van der Waals surface area contributed by atoms with Gasteiger partial charge in [0.25, 0.3) is 0 Å². The smallest absolute Gasteiger partial charge is 0.307 e. The maximum atomic E-state index is 10.8. The number of piperidine rings is 1. The quantitative estimate of drug-likeness (QED) is 0.873. The van der Waals surface area contributed by atoms with E-state index in [4.69, 9.17) is 14.6 Å². The molecule has 3 rings (SSSR count). The minimum Gasteiger partial charge on any atom is -0.492 e. The van der Waals surface area contributed by atoms with Gasteiger partial charge in [0.1, 0.15) is 24.2 Å². The van der Waals surface area contributed by atoms with Crippen molar-refractivity contribution < 1.29 is 19.4 Å². The Morgan fingerprint density at radius 1 is 1.30 bits per heavy atom. The normalized spacial score (nSPS) is 21.3. The van der Waals surface area contributed by atoms with Crippen LogP contribution in [-0.4, -0.2) is 48.3 Å². The lowest BCUT2D eigenvalue weighted by Gasteiger charge is -2.27. The number of hydrogen-bond acceptors (Lipinski definition) is 4. The number of fused-ring (bicyclic) bond motifs is 1. The molecule has 0 aromatic heterocycles. The highest BCUT2D eigenvalue weighted by Crippen LogP contribution is 2.31. The molecule has 2 aliphatic heterocycles. The van der Waals surface area contributed by atoms with Gasteiger partial charge in [-0.3, -0.25) is 9.69 Å². The molecule has 1 fully saturated rings. The summed E-state index contributed by atoms with van der Waals surface area (Å²) in [5.74, 6) is 0.864. The largest absolute Gasteiger partial charge is 0.492 e. The lowest BCUT2D eigenvalue weighted by Crippen LogP contribution is -2.33. The summed E-state index contributed by atoms with van der Waals surface area (Å²) >= 11 is 0. The van der Waals surface area contributed by atoms with Crippen LogP contribution >= 0.6 is 0 Å². The maximum absolute atomic E-state index is 10.8. The maximum Gasteiger partial charge on any atom is 0.307 e. The van der Waals surface area contributed by atoms with Gasteiger partial charge in [-0.1, -0.05) is 6.42 Å². The SMILES string of the molecule is O=C(O)CC1CCc2cc(OCCN3CCCCC3)ccc2O1. The van der Waals surface area contributed by atoms with Crippen molar-refractivity contribution in [2.75, 3.05) is 26.2 Å².